The smallest absolute Gasteiger partial charge is 0.136 e. The lowest BCUT2D eigenvalue weighted by Gasteiger charge is -2.31. The Hall–Kier alpha value is -0.670. The average Bonchev–Trinajstić information content (AvgIpc) is 2.69. The fourth-order valence-electron chi connectivity index (χ4n) is 4.16. The molecule has 0 radical (unpaired) electrons. The number of aliphatic hydroxyl groups excluding tert-OH is 2. The Morgan fingerprint density at radius 2 is 1.95 bits per heavy atom. The maximum absolute atomic E-state index is 11.4. The minimum atomic E-state index is -0.392. The van der Waals surface area contributed by atoms with Crippen LogP contribution in [0.3, 0.4) is 0 Å². The van der Waals surface area contributed by atoms with Gasteiger partial charge in [-0.1, -0.05) is 31.4 Å². The minimum absolute atomic E-state index is 0.0842. The molecule has 0 aromatic heterocycles. The van der Waals surface area contributed by atoms with Crippen molar-refractivity contribution in [1.29, 1.82) is 0 Å². The van der Waals surface area contributed by atoms with Gasteiger partial charge in [0.2, 0.25) is 0 Å². The minimum Gasteiger partial charge on any atom is -0.392 e. The van der Waals surface area contributed by atoms with Crippen molar-refractivity contribution in [2.75, 3.05) is 0 Å². The molecule has 0 spiro atoms. The molecule has 3 nitrogen and oxygen atoms in total. The van der Waals surface area contributed by atoms with Gasteiger partial charge >= 0.3 is 0 Å². The van der Waals surface area contributed by atoms with Gasteiger partial charge in [0.25, 0.3) is 0 Å². The molecular weight excluding hydrogens is 240 g/mol. The number of aliphatic hydroxyl groups is 2. The molecule has 3 saturated carbocycles. The summed E-state index contributed by atoms with van der Waals surface area (Å²) in [5.41, 5.74) is 0. The first-order valence-corrected chi connectivity index (χ1v) is 7.74. The molecule has 5 atom stereocenters. The predicted octanol–water partition coefficient (Wildman–Crippen LogP) is 2.07. The number of fused-ring (bicyclic) bond motifs is 1. The normalized spacial score (nSPS) is 41.3. The van der Waals surface area contributed by atoms with Gasteiger partial charge in [0.05, 0.1) is 12.2 Å². The van der Waals surface area contributed by atoms with Crippen LogP contribution in [-0.4, -0.2) is 28.2 Å². The van der Waals surface area contributed by atoms with E-state index in [0.29, 0.717) is 30.5 Å². The molecule has 0 aromatic carbocycles. The predicted molar refractivity (Wildman–Crippen MR) is 72.4 cm³/mol. The Bertz CT molecular complexity index is 370. The molecule has 3 rings (SSSR count). The summed E-state index contributed by atoms with van der Waals surface area (Å²) in [6.07, 6.45) is 10.3. The van der Waals surface area contributed by atoms with E-state index in [4.69, 9.17) is 0 Å². The third kappa shape index (κ3) is 2.50. The summed E-state index contributed by atoms with van der Waals surface area (Å²) in [7, 11) is 0. The molecule has 106 valence electrons. The highest BCUT2D eigenvalue weighted by atomic mass is 16.3. The van der Waals surface area contributed by atoms with Gasteiger partial charge in [-0.3, -0.25) is 4.79 Å². The average molecular weight is 264 g/mol. The summed E-state index contributed by atoms with van der Waals surface area (Å²) < 4.78 is 0. The van der Waals surface area contributed by atoms with Crippen molar-refractivity contribution < 1.29 is 15.0 Å². The Kier molecular flexibility index (Phi) is 3.77. The lowest BCUT2D eigenvalue weighted by atomic mass is 9.71. The van der Waals surface area contributed by atoms with Crippen LogP contribution >= 0.6 is 0 Å². The van der Waals surface area contributed by atoms with E-state index in [2.05, 4.69) is 0 Å². The Morgan fingerprint density at radius 1 is 1.21 bits per heavy atom. The van der Waals surface area contributed by atoms with Crippen molar-refractivity contribution in [2.24, 2.45) is 23.7 Å². The van der Waals surface area contributed by atoms with Gasteiger partial charge in [-0.05, 0) is 31.1 Å². The second-order valence-corrected chi connectivity index (χ2v) is 6.59. The van der Waals surface area contributed by atoms with Crippen LogP contribution in [0.2, 0.25) is 0 Å². The fraction of sp³-hybridized carbons (Fsp3) is 0.812. The lowest BCUT2D eigenvalue weighted by Crippen LogP contribution is -2.35. The van der Waals surface area contributed by atoms with Crippen molar-refractivity contribution in [2.45, 2.75) is 57.2 Å². The van der Waals surface area contributed by atoms with Gasteiger partial charge in [0.1, 0.15) is 5.78 Å². The van der Waals surface area contributed by atoms with E-state index in [-0.39, 0.29) is 17.9 Å². The molecule has 0 heterocycles. The highest BCUT2D eigenvalue weighted by Crippen LogP contribution is 2.48. The van der Waals surface area contributed by atoms with Crippen molar-refractivity contribution in [3.05, 3.63) is 12.2 Å². The number of ketones is 1. The third-order valence-electron chi connectivity index (χ3n) is 5.46. The number of hydrogen-bond donors (Lipinski definition) is 2. The molecule has 3 aliphatic carbocycles. The number of Topliss-reactive ketones (excluding diaryl/α,β-unsaturated/α-hetero) is 1. The van der Waals surface area contributed by atoms with Crippen molar-refractivity contribution in [1.82, 2.24) is 0 Å². The Balaban J connectivity index is 1.58. The monoisotopic (exact) mass is 264 g/mol. The lowest BCUT2D eigenvalue weighted by molar-refractivity contribution is -0.133. The van der Waals surface area contributed by atoms with Gasteiger partial charge in [0.15, 0.2) is 0 Å². The maximum atomic E-state index is 11.4. The molecule has 3 unspecified atom stereocenters. The van der Waals surface area contributed by atoms with E-state index in [9.17, 15) is 15.0 Å². The summed E-state index contributed by atoms with van der Waals surface area (Å²) in [5.74, 6) is 1.21. The van der Waals surface area contributed by atoms with Crippen molar-refractivity contribution in [3.63, 3.8) is 0 Å². The Labute approximate surface area is 114 Å². The maximum Gasteiger partial charge on any atom is 0.136 e. The molecule has 3 heteroatoms. The number of carbonyl (C=O) groups is 1. The first-order valence-electron chi connectivity index (χ1n) is 7.74. The first kappa shape index (κ1) is 13.3. The van der Waals surface area contributed by atoms with E-state index in [0.717, 1.165) is 12.8 Å². The standard InChI is InChI=1S/C16H24O3/c17-14(10-4-2-1-3-5-10)7-6-11-12-8-16(19)13(12)9-15(11)18/h6-7,10-15,17-18H,1-5,8-9H2/t11?,12-,13-,14?,15?/m0/s1. The molecule has 0 aromatic rings. The molecule has 0 amide bonds. The summed E-state index contributed by atoms with van der Waals surface area (Å²) in [6, 6.07) is 0. The number of rotatable bonds is 3. The molecule has 19 heavy (non-hydrogen) atoms. The molecular formula is C16H24O3. The summed E-state index contributed by atoms with van der Waals surface area (Å²) in [4.78, 5) is 11.4. The second kappa shape index (κ2) is 5.37. The van der Waals surface area contributed by atoms with Crippen LogP contribution in [0.5, 0.6) is 0 Å². The SMILES string of the molecule is O=C1C[C@H]2C(C=CC(O)C3CCCCC3)C(O)C[C@H]12. The van der Waals surface area contributed by atoms with E-state index >= 15 is 0 Å². The van der Waals surface area contributed by atoms with Crippen LogP contribution < -0.4 is 0 Å². The van der Waals surface area contributed by atoms with Crippen LogP contribution in [0.25, 0.3) is 0 Å². The Morgan fingerprint density at radius 3 is 2.58 bits per heavy atom. The fourth-order valence-corrected chi connectivity index (χ4v) is 4.16. The van der Waals surface area contributed by atoms with Crippen LogP contribution in [-0.2, 0) is 4.79 Å². The van der Waals surface area contributed by atoms with E-state index in [1.807, 2.05) is 12.2 Å². The van der Waals surface area contributed by atoms with E-state index in [1.165, 1.54) is 19.3 Å². The van der Waals surface area contributed by atoms with Crippen LogP contribution in [0.1, 0.15) is 44.9 Å². The number of carbonyl (C=O) groups excluding carboxylic acids is 1. The highest BCUT2D eigenvalue weighted by molar-refractivity contribution is 5.88. The second-order valence-electron chi connectivity index (χ2n) is 6.59. The largest absolute Gasteiger partial charge is 0.392 e. The number of hydrogen-bond acceptors (Lipinski definition) is 3. The van der Waals surface area contributed by atoms with Gasteiger partial charge in [-0.2, -0.15) is 0 Å². The third-order valence-corrected chi connectivity index (χ3v) is 5.46. The van der Waals surface area contributed by atoms with Gasteiger partial charge in [-0.15, -0.1) is 0 Å². The van der Waals surface area contributed by atoms with Crippen LogP contribution in [0, 0.1) is 23.7 Å². The highest BCUT2D eigenvalue weighted by Gasteiger charge is 2.51. The quantitative estimate of drug-likeness (QED) is 0.767. The zero-order valence-corrected chi connectivity index (χ0v) is 11.4. The molecule has 0 bridgehead atoms. The van der Waals surface area contributed by atoms with Gasteiger partial charge in [-0.25, -0.2) is 0 Å². The zero-order chi connectivity index (χ0) is 13.4. The summed E-state index contributed by atoms with van der Waals surface area (Å²) in [5, 5.41) is 20.2. The molecule has 2 N–H and O–H groups in total. The van der Waals surface area contributed by atoms with Crippen molar-refractivity contribution >= 4 is 5.78 Å². The van der Waals surface area contributed by atoms with Crippen LogP contribution in [0.4, 0.5) is 0 Å². The zero-order valence-electron chi connectivity index (χ0n) is 11.4. The molecule has 3 fully saturated rings. The molecule has 3 aliphatic rings. The summed E-state index contributed by atoms with van der Waals surface area (Å²) >= 11 is 0. The summed E-state index contributed by atoms with van der Waals surface area (Å²) in [6.45, 7) is 0. The van der Waals surface area contributed by atoms with Crippen molar-refractivity contribution in [3.8, 4) is 0 Å². The molecule has 0 saturated heterocycles. The van der Waals surface area contributed by atoms with Gasteiger partial charge < -0.3 is 10.2 Å². The van der Waals surface area contributed by atoms with E-state index in [1.54, 1.807) is 0 Å². The van der Waals surface area contributed by atoms with Gasteiger partial charge in [0, 0.05) is 18.3 Å². The first-order chi connectivity index (χ1) is 9.16. The topological polar surface area (TPSA) is 57.5 Å². The molecule has 0 aliphatic heterocycles. The van der Waals surface area contributed by atoms with E-state index < -0.39 is 6.10 Å². The van der Waals surface area contributed by atoms with Crippen LogP contribution in [0.15, 0.2) is 12.2 Å².